The summed E-state index contributed by atoms with van der Waals surface area (Å²) >= 11 is 0. The predicted octanol–water partition coefficient (Wildman–Crippen LogP) is 3.66. The number of aryl methyl sites for hydroxylation is 1. The molecule has 0 spiro atoms. The van der Waals surface area contributed by atoms with Crippen molar-refractivity contribution in [2.24, 2.45) is 0 Å². The SMILES string of the molecule is Cc1nc(N2CCCCC2)nc(OCc2ccccc2)c1C. The van der Waals surface area contributed by atoms with Crippen LogP contribution in [-0.2, 0) is 6.61 Å². The van der Waals surface area contributed by atoms with Crippen LogP contribution in [0.5, 0.6) is 5.88 Å². The summed E-state index contributed by atoms with van der Waals surface area (Å²) in [5.74, 6) is 1.52. The van der Waals surface area contributed by atoms with E-state index < -0.39 is 0 Å². The van der Waals surface area contributed by atoms with E-state index in [2.05, 4.69) is 27.0 Å². The molecule has 22 heavy (non-hydrogen) atoms. The maximum atomic E-state index is 5.96. The maximum Gasteiger partial charge on any atom is 0.228 e. The number of piperidine rings is 1. The van der Waals surface area contributed by atoms with Crippen molar-refractivity contribution >= 4 is 5.95 Å². The Morgan fingerprint density at radius 3 is 2.45 bits per heavy atom. The smallest absolute Gasteiger partial charge is 0.228 e. The lowest BCUT2D eigenvalue weighted by Gasteiger charge is -2.27. The first-order chi connectivity index (χ1) is 10.7. The number of aromatic nitrogens is 2. The van der Waals surface area contributed by atoms with E-state index in [1.807, 2.05) is 32.0 Å². The Morgan fingerprint density at radius 1 is 1.00 bits per heavy atom. The third-order valence-electron chi connectivity index (χ3n) is 4.19. The Bertz CT molecular complexity index is 622. The van der Waals surface area contributed by atoms with Gasteiger partial charge in [0.25, 0.3) is 0 Å². The Kier molecular flexibility index (Phi) is 4.56. The highest BCUT2D eigenvalue weighted by Crippen LogP contribution is 2.24. The second-order valence-electron chi connectivity index (χ2n) is 5.86. The first-order valence-corrected chi connectivity index (χ1v) is 8.01. The Morgan fingerprint density at radius 2 is 1.73 bits per heavy atom. The van der Waals surface area contributed by atoms with Crippen molar-refractivity contribution in [3.8, 4) is 5.88 Å². The molecule has 4 nitrogen and oxygen atoms in total. The lowest BCUT2D eigenvalue weighted by atomic mass is 10.1. The summed E-state index contributed by atoms with van der Waals surface area (Å²) in [6.07, 6.45) is 3.74. The van der Waals surface area contributed by atoms with E-state index in [9.17, 15) is 0 Å². The summed E-state index contributed by atoms with van der Waals surface area (Å²) < 4.78 is 5.96. The van der Waals surface area contributed by atoms with Crippen LogP contribution in [0.1, 0.15) is 36.1 Å². The maximum absolute atomic E-state index is 5.96. The standard InChI is InChI=1S/C18H23N3O/c1-14-15(2)19-18(21-11-7-4-8-12-21)20-17(14)22-13-16-9-5-3-6-10-16/h3,5-6,9-10H,4,7-8,11-13H2,1-2H3. The molecule has 0 bridgehead atoms. The number of anilines is 1. The van der Waals surface area contributed by atoms with Crippen LogP contribution in [0.25, 0.3) is 0 Å². The van der Waals surface area contributed by atoms with Gasteiger partial charge >= 0.3 is 0 Å². The number of benzene rings is 1. The van der Waals surface area contributed by atoms with E-state index in [1.54, 1.807) is 0 Å². The molecule has 1 aromatic carbocycles. The van der Waals surface area contributed by atoms with Crippen molar-refractivity contribution in [1.29, 1.82) is 0 Å². The molecule has 0 radical (unpaired) electrons. The normalized spacial score (nSPS) is 14.9. The quantitative estimate of drug-likeness (QED) is 0.863. The minimum absolute atomic E-state index is 0.539. The molecular weight excluding hydrogens is 274 g/mol. The number of ether oxygens (including phenoxy) is 1. The fourth-order valence-electron chi connectivity index (χ4n) is 2.69. The summed E-state index contributed by atoms with van der Waals surface area (Å²) in [5.41, 5.74) is 3.17. The molecule has 1 fully saturated rings. The van der Waals surface area contributed by atoms with E-state index in [-0.39, 0.29) is 0 Å². The van der Waals surface area contributed by atoms with Crippen LogP contribution in [0, 0.1) is 13.8 Å². The van der Waals surface area contributed by atoms with Gasteiger partial charge in [0.15, 0.2) is 0 Å². The zero-order chi connectivity index (χ0) is 15.4. The molecule has 116 valence electrons. The molecule has 1 saturated heterocycles. The fourth-order valence-corrected chi connectivity index (χ4v) is 2.69. The number of nitrogens with zero attached hydrogens (tertiary/aromatic N) is 3. The lowest BCUT2D eigenvalue weighted by molar-refractivity contribution is 0.290. The second kappa shape index (κ2) is 6.77. The molecule has 0 saturated carbocycles. The largest absolute Gasteiger partial charge is 0.472 e. The van der Waals surface area contributed by atoms with Crippen LogP contribution < -0.4 is 9.64 Å². The van der Waals surface area contributed by atoms with Gasteiger partial charge in [-0.2, -0.15) is 4.98 Å². The van der Waals surface area contributed by atoms with Crippen molar-refractivity contribution in [2.45, 2.75) is 39.7 Å². The van der Waals surface area contributed by atoms with Crippen molar-refractivity contribution in [3.05, 3.63) is 47.2 Å². The van der Waals surface area contributed by atoms with Crippen molar-refractivity contribution in [2.75, 3.05) is 18.0 Å². The molecule has 0 amide bonds. The topological polar surface area (TPSA) is 38.2 Å². The van der Waals surface area contributed by atoms with Crippen LogP contribution in [0.3, 0.4) is 0 Å². The molecule has 2 heterocycles. The predicted molar refractivity (Wildman–Crippen MR) is 88.3 cm³/mol. The summed E-state index contributed by atoms with van der Waals surface area (Å²) in [6, 6.07) is 10.2. The van der Waals surface area contributed by atoms with E-state index in [0.29, 0.717) is 12.5 Å². The zero-order valence-electron chi connectivity index (χ0n) is 13.4. The summed E-state index contributed by atoms with van der Waals surface area (Å²) in [7, 11) is 0. The van der Waals surface area contributed by atoms with Gasteiger partial charge in [-0.1, -0.05) is 30.3 Å². The van der Waals surface area contributed by atoms with Crippen molar-refractivity contribution in [3.63, 3.8) is 0 Å². The van der Waals surface area contributed by atoms with Crippen LogP contribution >= 0.6 is 0 Å². The van der Waals surface area contributed by atoms with Crippen molar-refractivity contribution in [1.82, 2.24) is 9.97 Å². The number of rotatable bonds is 4. The van der Waals surface area contributed by atoms with E-state index in [0.717, 1.165) is 35.9 Å². The fraction of sp³-hybridized carbons (Fsp3) is 0.444. The minimum Gasteiger partial charge on any atom is -0.472 e. The average molecular weight is 297 g/mol. The van der Waals surface area contributed by atoms with Crippen molar-refractivity contribution < 1.29 is 4.74 Å². The highest BCUT2D eigenvalue weighted by molar-refractivity contribution is 5.39. The van der Waals surface area contributed by atoms with Crippen LogP contribution in [0.4, 0.5) is 5.95 Å². The molecule has 3 rings (SSSR count). The molecule has 0 aliphatic carbocycles. The molecule has 1 aliphatic rings. The highest BCUT2D eigenvalue weighted by atomic mass is 16.5. The molecule has 1 aliphatic heterocycles. The van der Waals surface area contributed by atoms with E-state index in [1.165, 1.54) is 19.3 Å². The Labute approximate surface area is 132 Å². The van der Waals surface area contributed by atoms with Gasteiger partial charge < -0.3 is 9.64 Å². The van der Waals surface area contributed by atoms with Gasteiger partial charge in [-0.3, -0.25) is 0 Å². The molecule has 0 N–H and O–H groups in total. The highest BCUT2D eigenvalue weighted by Gasteiger charge is 2.17. The first kappa shape index (κ1) is 14.8. The average Bonchev–Trinajstić information content (AvgIpc) is 2.58. The van der Waals surface area contributed by atoms with Crippen LogP contribution in [0.2, 0.25) is 0 Å². The Hall–Kier alpha value is -2.10. The second-order valence-corrected chi connectivity index (χ2v) is 5.86. The monoisotopic (exact) mass is 297 g/mol. The van der Waals surface area contributed by atoms with E-state index in [4.69, 9.17) is 4.74 Å². The minimum atomic E-state index is 0.539. The van der Waals surface area contributed by atoms with E-state index >= 15 is 0 Å². The molecule has 0 unspecified atom stereocenters. The van der Waals surface area contributed by atoms with Gasteiger partial charge in [-0.25, -0.2) is 4.98 Å². The van der Waals surface area contributed by atoms with Gasteiger partial charge in [0.05, 0.1) is 0 Å². The molecule has 0 atom stereocenters. The third kappa shape index (κ3) is 3.38. The van der Waals surface area contributed by atoms with Gasteiger partial charge in [-0.05, 0) is 38.7 Å². The van der Waals surface area contributed by atoms with Gasteiger partial charge in [-0.15, -0.1) is 0 Å². The Balaban J connectivity index is 1.78. The van der Waals surface area contributed by atoms with Crippen LogP contribution in [-0.4, -0.2) is 23.1 Å². The third-order valence-corrected chi connectivity index (χ3v) is 4.19. The summed E-state index contributed by atoms with van der Waals surface area (Å²) in [4.78, 5) is 11.6. The molecule has 4 heteroatoms. The van der Waals surface area contributed by atoms with Gasteiger partial charge in [0, 0.05) is 24.3 Å². The summed E-state index contributed by atoms with van der Waals surface area (Å²) in [6.45, 7) is 6.67. The van der Waals surface area contributed by atoms with Crippen LogP contribution in [0.15, 0.2) is 30.3 Å². The lowest BCUT2D eigenvalue weighted by Crippen LogP contribution is -2.31. The molecular formula is C18H23N3O. The molecule has 1 aromatic heterocycles. The zero-order valence-corrected chi connectivity index (χ0v) is 13.4. The van der Waals surface area contributed by atoms with Gasteiger partial charge in [0.1, 0.15) is 6.61 Å². The first-order valence-electron chi connectivity index (χ1n) is 8.01. The summed E-state index contributed by atoms with van der Waals surface area (Å²) in [5, 5.41) is 0. The number of hydrogen-bond donors (Lipinski definition) is 0. The number of hydrogen-bond acceptors (Lipinski definition) is 4. The van der Waals surface area contributed by atoms with Gasteiger partial charge in [0.2, 0.25) is 11.8 Å². The molecule has 2 aromatic rings.